The molecule has 2 aromatic rings. The molecule has 0 atom stereocenters. The third kappa shape index (κ3) is 2.26. The largest absolute Gasteiger partial charge is 0.397 e. The van der Waals surface area contributed by atoms with Crippen molar-refractivity contribution in [3.8, 4) is 0 Å². The molecule has 0 bridgehead atoms. The van der Waals surface area contributed by atoms with E-state index in [1.54, 1.807) is 12.1 Å². The quantitative estimate of drug-likeness (QED) is 0.781. The Hall–Kier alpha value is -2.02. The minimum Gasteiger partial charge on any atom is -0.397 e. The van der Waals surface area contributed by atoms with Crippen molar-refractivity contribution >= 4 is 28.9 Å². The Balaban J connectivity index is 2.09. The summed E-state index contributed by atoms with van der Waals surface area (Å²) in [5.74, 6) is 0.171. The maximum absolute atomic E-state index is 11.5. The van der Waals surface area contributed by atoms with Crippen LogP contribution >= 0.6 is 11.5 Å². The van der Waals surface area contributed by atoms with Gasteiger partial charge < -0.3 is 11.1 Å². The molecular weight excluding hydrogens is 214 g/mol. The van der Waals surface area contributed by atoms with Crippen LogP contribution < -0.4 is 11.1 Å². The minimum atomic E-state index is -0.276. The fourth-order valence-corrected chi connectivity index (χ4v) is 1.33. The molecule has 0 aliphatic heterocycles. The fourth-order valence-electron chi connectivity index (χ4n) is 0.924. The first-order valence-corrected chi connectivity index (χ1v) is 4.83. The Kier molecular flexibility index (Phi) is 2.55. The smallest absolute Gasteiger partial charge is 0.270 e. The SMILES string of the molecule is Nc1ccc(NC(=O)c2cnns2)nc1. The van der Waals surface area contributed by atoms with E-state index in [1.165, 1.54) is 12.4 Å². The van der Waals surface area contributed by atoms with Crippen molar-refractivity contribution in [1.29, 1.82) is 0 Å². The van der Waals surface area contributed by atoms with Crippen molar-refractivity contribution < 1.29 is 4.79 Å². The van der Waals surface area contributed by atoms with Crippen LogP contribution in [0.15, 0.2) is 24.5 Å². The van der Waals surface area contributed by atoms with Crippen LogP contribution in [-0.4, -0.2) is 20.5 Å². The molecule has 0 fully saturated rings. The average molecular weight is 221 g/mol. The van der Waals surface area contributed by atoms with Gasteiger partial charge in [-0.25, -0.2) is 4.98 Å². The molecule has 0 aliphatic rings. The molecule has 0 radical (unpaired) electrons. The molecule has 0 aliphatic carbocycles. The Morgan fingerprint density at radius 2 is 2.27 bits per heavy atom. The number of amides is 1. The van der Waals surface area contributed by atoms with E-state index >= 15 is 0 Å². The zero-order valence-electron chi connectivity index (χ0n) is 7.54. The van der Waals surface area contributed by atoms with Crippen molar-refractivity contribution in [2.45, 2.75) is 0 Å². The standard InChI is InChI=1S/C8H7N5OS/c9-5-1-2-7(10-3-5)12-8(14)6-4-11-13-15-6/h1-4H,9H2,(H,10,12,14). The third-order valence-electron chi connectivity index (χ3n) is 1.61. The van der Waals surface area contributed by atoms with Crippen LogP contribution in [0.3, 0.4) is 0 Å². The number of anilines is 2. The molecule has 7 heteroatoms. The lowest BCUT2D eigenvalue weighted by Crippen LogP contribution is -2.11. The number of carbonyl (C=O) groups is 1. The molecule has 1 amide bonds. The van der Waals surface area contributed by atoms with Gasteiger partial charge in [-0.05, 0) is 23.7 Å². The van der Waals surface area contributed by atoms with Crippen LogP contribution in [0, 0.1) is 0 Å². The molecule has 0 unspecified atom stereocenters. The van der Waals surface area contributed by atoms with Gasteiger partial charge in [-0.1, -0.05) is 4.49 Å². The molecule has 0 aromatic carbocycles. The molecular formula is C8H7N5OS. The molecule has 2 aromatic heterocycles. The number of nitrogens with two attached hydrogens (primary N) is 1. The van der Waals surface area contributed by atoms with Gasteiger partial charge in [0.1, 0.15) is 10.7 Å². The number of nitrogens with zero attached hydrogens (tertiary/aromatic N) is 3. The second-order valence-corrected chi connectivity index (χ2v) is 3.50. The maximum Gasteiger partial charge on any atom is 0.270 e. The minimum absolute atomic E-state index is 0.276. The molecule has 2 rings (SSSR count). The highest BCUT2D eigenvalue weighted by molar-refractivity contribution is 7.07. The lowest BCUT2D eigenvalue weighted by Gasteiger charge is -2.01. The van der Waals surface area contributed by atoms with E-state index in [4.69, 9.17) is 5.73 Å². The number of pyridine rings is 1. The van der Waals surface area contributed by atoms with Gasteiger partial charge in [-0.15, -0.1) is 5.10 Å². The first-order chi connectivity index (χ1) is 7.25. The molecule has 3 N–H and O–H groups in total. The van der Waals surface area contributed by atoms with E-state index in [-0.39, 0.29) is 5.91 Å². The number of hydrogen-bond donors (Lipinski definition) is 2. The van der Waals surface area contributed by atoms with Crippen molar-refractivity contribution in [3.63, 3.8) is 0 Å². The summed E-state index contributed by atoms with van der Waals surface area (Å²) in [6.07, 6.45) is 2.87. The zero-order valence-corrected chi connectivity index (χ0v) is 8.36. The first kappa shape index (κ1) is 9.53. The number of carbonyl (C=O) groups excluding carboxylic acids is 1. The lowest BCUT2D eigenvalue weighted by atomic mass is 10.4. The highest BCUT2D eigenvalue weighted by atomic mass is 32.1. The number of aromatic nitrogens is 3. The predicted octanol–water partition coefficient (Wildman–Crippen LogP) is 0.768. The van der Waals surface area contributed by atoms with Gasteiger partial charge in [0.2, 0.25) is 0 Å². The van der Waals surface area contributed by atoms with Gasteiger partial charge in [0.15, 0.2) is 0 Å². The van der Waals surface area contributed by atoms with Gasteiger partial charge in [-0.2, -0.15) is 0 Å². The summed E-state index contributed by atoms with van der Waals surface area (Å²) < 4.78 is 3.59. The Morgan fingerprint density at radius 1 is 1.40 bits per heavy atom. The molecule has 0 saturated heterocycles. The Morgan fingerprint density at radius 3 is 2.87 bits per heavy atom. The summed E-state index contributed by atoms with van der Waals surface area (Å²) in [4.78, 5) is 15.9. The summed E-state index contributed by atoms with van der Waals surface area (Å²) in [5, 5.41) is 6.16. The van der Waals surface area contributed by atoms with Gasteiger partial charge in [-0.3, -0.25) is 4.79 Å². The van der Waals surface area contributed by atoms with Crippen molar-refractivity contribution in [1.82, 2.24) is 14.6 Å². The van der Waals surface area contributed by atoms with Crippen molar-refractivity contribution in [3.05, 3.63) is 29.4 Å². The van der Waals surface area contributed by atoms with Gasteiger partial charge in [0.25, 0.3) is 5.91 Å². The number of nitrogens with one attached hydrogen (secondary N) is 1. The monoisotopic (exact) mass is 221 g/mol. The van der Waals surface area contributed by atoms with Crippen LogP contribution in [0.25, 0.3) is 0 Å². The first-order valence-electron chi connectivity index (χ1n) is 4.06. The predicted molar refractivity (Wildman–Crippen MR) is 56.5 cm³/mol. The zero-order chi connectivity index (χ0) is 10.7. The van der Waals surface area contributed by atoms with E-state index < -0.39 is 0 Å². The van der Waals surface area contributed by atoms with Crippen LogP contribution in [0.1, 0.15) is 9.67 Å². The van der Waals surface area contributed by atoms with Crippen LogP contribution in [0.4, 0.5) is 11.5 Å². The Bertz CT molecular complexity index is 452. The topological polar surface area (TPSA) is 93.8 Å². The summed E-state index contributed by atoms with van der Waals surface area (Å²) in [7, 11) is 0. The summed E-state index contributed by atoms with van der Waals surface area (Å²) in [6, 6.07) is 3.29. The molecule has 0 spiro atoms. The van der Waals surface area contributed by atoms with Crippen LogP contribution in [0.2, 0.25) is 0 Å². The molecule has 0 saturated carbocycles. The number of nitrogen functional groups attached to an aromatic ring is 1. The third-order valence-corrected chi connectivity index (χ3v) is 2.28. The van der Waals surface area contributed by atoms with Crippen molar-refractivity contribution in [2.24, 2.45) is 0 Å². The highest BCUT2D eigenvalue weighted by Gasteiger charge is 2.08. The van der Waals surface area contributed by atoms with E-state index in [1.807, 2.05) is 0 Å². The van der Waals surface area contributed by atoms with Crippen LogP contribution in [0.5, 0.6) is 0 Å². The molecule has 2 heterocycles. The number of hydrogen-bond acceptors (Lipinski definition) is 6. The molecule has 6 nitrogen and oxygen atoms in total. The van der Waals surface area contributed by atoms with Crippen molar-refractivity contribution in [2.75, 3.05) is 11.1 Å². The molecule has 76 valence electrons. The van der Waals surface area contributed by atoms with Gasteiger partial charge in [0.05, 0.1) is 18.1 Å². The summed E-state index contributed by atoms with van der Waals surface area (Å²) in [6.45, 7) is 0. The van der Waals surface area contributed by atoms with Crippen LogP contribution in [-0.2, 0) is 0 Å². The van der Waals surface area contributed by atoms with Gasteiger partial charge in [0, 0.05) is 0 Å². The van der Waals surface area contributed by atoms with E-state index in [0.29, 0.717) is 16.4 Å². The van der Waals surface area contributed by atoms with Gasteiger partial charge >= 0.3 is 0 Å². The Labute approximate surface area is 89.3 Å². The molecule has 15 heavy (non-hydrogen) atoms. The van der Waals surface area contributed by atoms with E-state index in [0.717, 1.165) is 11.5 Å². The summed E-state index contributed by atoms with van der Waals surface area (Å²) >= 11 is 1.03. The van der Waals surface area contributed by atoms with E-state index in [9.17, 15) is 4.79 Å². The lowest BCUT2D eigenvalue weighted by molar-refractivity contribution is 0.103. The van der Waals surface area contributed by atoms with E-state index in [2.05, 4.69) is 19.9 Å². The fraction of sp³-hybridized carbons (Fsp3) is 0. The second-order valence-electron chi connectivity index (χ2n) is 2.71. The summed E-state index contributed by atoms with van der Waals surface area (Å²) in [5.41, 5.74) is 6.01. The second kappa shape index (κ2) is 4.01. The highest BCUT2D eigenvalue weighted by Crippen LogP contribution is 2.09. The normalized spacial score (nSPS) is 9.87. The average Bonchev–Trinajstić information content (AvgIpc) is 2.74. The number of rotatable bonds is 2. The maximum atomic E-state index is 11.5.